The SMILES string of the molecule is CCNc1cncc(-c2ccc(C(F)(F)F)c(F)c2)n1. The van der Waals surface area contributed by atoms with Gasteiger partial charge in [-0.15, -0.1) is 0 Å². The van der Waals surface area contributed by atoms with Gasteiger partial charge in [0.15, 0.2) is 0 Å². The summed E-state index contributed by atoms with van der Waals surface area (Å²) >= 11 is 0. The third-order valence-corrected chi connectivity index (χ3v) is 2.56. The second kappa shape index (κ2) is 5.44. The van der Waals surface area contributed by atoms with Gasteiger partial charge in [-0.3, -0.25) is 4.98 Å². The van der Waals surface area contributed by atoms with Gasteiger partial charge in [0.25, 0.3) is 0 Å². The zero-order valence-corrected chi connectivity index (χ0v) is 10.5. The normalized spacial score (nSPS) is 11.4. The molecule has 0 fully saturated rings. The van der Waals surface area contributed by atoms with E-state index in [4.69, 9.17) is 0 Å². The Morgan fingerprint density at radius 1 is 1.20 bits per heavy atom. The number of aromatic nitrogens is 2. The van der Waals surface area contributed by atoms with Gasteiger partial charge in [0.1, 0.15) is 11.6 Å². The van der Waals surface area contributed by atoms with Crippen molar-refractivity contribution in [1.29, 1.82) is 0 Å². The van der Waals surface area contributed by atoms with Crippen molar-refractivity contribution >= 4 is 5.82 Å². The molecule has 106 valence electrons. The van der Waals surface area contributed by atoms with Crippen molar-refractivity contribution in [3.8, 4) is 11.3 Å². The van der Waals surface area contributed by atoms with Gasteiger partial charge >= 0.3 is 6.18 Å². The average molecular weight is 285 g/mol. The Morgan fingerprint density at radius 2 is 1.95 bits per heavy atom. The Balaban J connectivity index is 2.39. The number of anilines is 1. The van der Waals surface area contributed by atoms with E-state index < -0.39 is 17.6 Å². The molecule has 1 heterocycles. The largest absolute Gasteiger partial charge is 0.419 e. The van der Waals surface area contributed by atoms with Crippen molar-refractivity contribution in [2.75, 3.05) is 11.9 Å². The van der Waals surface area contributed by atoms with Gasteiger partial charge in [0.05, 0.1) is 23.7 Å². The molecule has 1 N–H and O–H groups in total. The molecule has 7 heteroatoms. The van der Waals surface area contributed by atoms with Crippen LogP contribution in [0, 0.1) is 5.82 Å². The maximum absolute atomic E-state index is 13.5. The Morgan fingerprint density at radius 3 is 2.55 bits per heavy atom. The summed E-state index contributed by atoms with van der Waals surface area (Å²) in [5.74, 6) is -0.851. The average Bonchev–Trinajstić information content (AvgIpc) is 2.38. The number of hydrogen-bond acceptors (Lipinski definition) is 3. The van der Waals surface area contributed by atoms with Gasteiger partial charge in [-0.05, 0) is 19.1 Å². The molecule has 2 rings (SSSR count). The van der Waals surface area contributed by atoms with Crippen LogP contribution in [0.4, 0.5) is 23.4 Å². The van der Waals surface area contributed by atoms with Crippen LogP contribution in [-0.2, 0) is 6.18 Å². The highest BCUT2D eigenvalue weighted by Gasteiger charge is 2.34. The van der Waals surface area contributed by atoms with E-state index in [0.717, 1.165) is 6.07 Å². The van der Waals surface area contributed by atoms with E-state index in [1.807, 2.05) is 6.92 Å². The Hall–Kier alpha value is -2.18. The lowest BCUT2D eigenvalue weighted by Crippen LogP contribution is -2.08. The molecule has 0 saturated carbocycles. The van der Waals surface area contributed by atoms with Crippen LogP contribution in [0.15, 0.2) is 30.6 Å². The fraction of sp³-hybridized carbons (Fsp3) is 0.231. The highest BCUT2D eigenvalue weighted by Crippen LogP contribution is 2.33. The molecule has 0 spiro atoms. The van der Waals surface area contributed by atoms with E-state index in [1.54, 1.807) is 0 Å². The van der Waals surface area contributed by atoms with Crippen LogP contribution in [0.1, 0.15) is 12.5 Å². The van der Waals surface area contributed by atoms with Crippen LogP contribution < -0.4 is 5.32 Å². The lowest BCUT2D eigenvalue weighted by atomic mass is 10.1. The van der Waals surface area contributed by atoms with E-state index >= 15 is 0 Å². The molecule has 0 amide bonds. The molecule has 0 radical (unpaired) electrons. The van der Waals surface area contributed by atoms with E-state index in [2.05, 4.69) is 15.3 Å². The lowest BCUT2D eigenvalue weighted by molar-refractivity contribution is -0.139. The Kier molecular flexibility index (Phi) is 3.87. The molecule has 0 bridgehead atoms. The molecule has 2 aromatic rings. The zero-order chi connectivity index (χ0) is 14.8. The minimum absolute atomic E-state index is 0.239. The van der Waals surface area contributed by atoms with E-state index in [9.17, 15) is 17.6 Å². The van der Waals surface area contributed by atoms with Crippen molar-refractivity contribution in [2.24, 2.45) is 0 Å². The molecule has 0 aliphatic heterocycles. The highest BCUT2D eigenvalue weighted by molar-refractivity contribution is 5.60. The molecule has 0 unspecified atom stereocenters. The quantitative estimate of drug-likeness (QED) is 0.873. The second-order valence-corrected chi connectivity index (χ2v) is 4.01. The van der Waals surface area contributed by atoms with Gasteiger partial charge in [-0.1, -0.05) is 6.07 Å². The van der Waals surface area contributed by atoms with Crippen LogP contribution in [-0.4, -0.2) is 16.5 Å². The molecule has 3 nitrogen and oxygen atoms in total. The molecule has 1 aromatic carbocycles. The van der Waals surface area contributed by atoms with E-state index in [1.165, 1.54) is 18.5 Å². The van der Waals surface area contributed by atoms with Crippen molar-refractivity contribution in [2.45, 2.75) is 13.1 Å². The number of nitrogens with zero attached hydrogens (tertiary/aromatic N) is 2. The molecule has 0 aliphatic carbocycles. The first-order chi connectivity index (χ1) is 9.41. The van der Waals surface area contributed by atoms with Crippen LogP contribution in [0.3, 0.4) is 0 Å². The monoisotopic (exact) mass is 285 g/mol. The Labute approximate surface area is 112 Å². The highest BCUT2D eigenvalue weighted by atomic mass is 19.4. The summed E-state index contributed by atoms with van der Waals surface area (Å²) in [5, 5.41) is 2.92. The first-order valence-corrected chi connectivity index (χ1v) is 5.85. The smallest absolute Gasteiger partial charge is 0.369 e. The summed E-state index contributed by atoms with van der Waals surface area (Å²) in [6.07, 6.45) is -1.86. The number of nitrogens with one attached hydrogen (secondary N) is 1. The number of rotatable bonds is 3. The van der Waals surface area contributed by atoms with Crippen LogP contribution in [0.25, 0.3) is 11.3 Å². The van der Waals surface area contributed by atoms with E-state index in [0.29, 0.717) is 24.1 Å². The van der Waals surface area contributed by atoms with Crippen LogP contribution in [0.5, 0.6) is 0 Å². The van der Waals surface area contributed by atoms with Crippen LogP contribution >= 0.6 is 0 Å². The second-order valence-electron chi connectivity index (χ2n) is 4.01. The van der Waals surface area contributed by atoms with E-state index in [-0.39, 0.29) is 5.56 Å². The topological polar surface area (TPSA) is 37.8 Å². The third kappa shape index (κ3) is 3.04. The fourth-order valence-electron chi connectivity index (χ4n) is 1.68. The predicted molar refractivity (Wildman–Crippen MR) is 66.6 cm³/mol. The van der Waals surface area contributed by atoms with Gasteiger partial charge < -0.3 is 5.32 Å². The molecule has 0 atom stereocenters. The van der Waals surface area contributed by atoms with Gasteiger partial charge in [-0.25, -0.2) is 9.37 Å². The minimum Gasteiger partial charge on any atom is -0.369 e. The number of halogens is 4. The lowest BCUT2D eigenvalue weighted by Gasteiger charge is -2.09. The number of alkyl halides is 3. The molecule has 1 aromatic heterocycles. The van der Waals surface area contributed by atoms with Gasteiger partial charge in [-0.2, -0.15) is 13.2 Å². The Bertz CT molecular complexity index is 611. The fourth-order valence-corrected chi connectivity index (χ4v) is 1.68. The molecular formula is C13H11F4N3. The van der Waals surface area contributed by atoms with Crippen LogP contribution in [0.2, 0.25) is 0 Å². The minimum atomic E-state index is -4.71. The molecular weight excluding hydrogens is 274 g/mol. The van der Waals surface area contributed by atoms with Crippen molar-refractivity contribution < 1.29 is 17.6 Å². The molecule has 20 heavy (non-hydrogen) atoms. The first-order valence-electron chi connectivity index (χ1n) is 5.85. The third-order valence-electron chi connectivity index (χ3n) is 2.56. The van der Waals surface area contributed by atoms with Gasteiger partial charge in [0.2, 0.25) is 0 Å². The maximum atomic E-state index is 13.5. The molecule has 0 aliphatic rings. The number of hydrogen-bond donors (Lipinski definition) is 1. The summed E-state index contributed by atoms with van der Waals surface area (Å²) in [4.78, 5) is 8.05. The summed E-state index contributed by atoms with van der Waals surface area (Å²) < 4.78 is 50.9. The predicted octanol–water partition coefficient (Wildman–Crippen LogP) is 3.73. The van der Waals surface area contributed by atoms with Crippen molar-refractivity contribution in [3.63, 3.8) is 0 Å². The van der Waals surface area contributed by atoms with Crippen molar-refractivity contribution in [3.05, 3.63) is 42.0 Å². The standard InChI is InChI=1S/C13H11F4N3/c1-2-19-12-7-18-6-11(20-12)8-3-4-9(10(14)5-8)13(15,16)17/h3-7H,2H2,1H3,(H,19,20). The maximum Gasteiger partial charge on any atom is 0.419 e. The van der Waals surface area contributed by atoms with Gasteiger partial charge in [0, 0.05) is 12.1 Å². The summed E-state index contributed by atoms with van der Waals surface area (Å²) in [6, 6.07) is 2.68. The zero-order valence-electron chi connectivity index (χ0n) is 10.5. The summed E-state index contributed by atoms with van der Waals surface area (Å²) in [6.45, 7) is 2.49. The molecule has 0 saturated heterocycles. The number of benzene rings is 1. The summed E-state index contributed by atoms with van der Waals surface area (Å²) in [7, 11) is 0. The summed E-state index contributed by atoms with van der Waals surface area (Å²) in [5.41, 5.74) is -0.754. The van der Waals surface area contributed by atoms with Crippen molar-refractivity contribution in [1.82, 2.24) is 9.97 Å². The first kappa shape index (κ1) is 14.2.